The van der Waals surface area contributed by atoms with Gasteiger partial charge < -0.3 is 0 Å². The molecule has 0 aliphatic carbocycles. The first-order valence-corrected chi connectivity index (χ1v) is 9.47. The molecule has 0 fully saturated rings. The Kier molecular flexibility index (Phi) is 4.92. The van der Waals surface area contributed by atoms with Gasteiger partial charge in [-0.25, -0.2) is 29.9 Å². The van der Waals surface area contributed by atoms with E-state index in [4.69, 9.17) is 0 Å². The number of anilines is 1. The van der Waals surface area contributed by atoms with Crippen LogP contribution >= 0.6 is 0 Å². The van der Waals surface area contributed by atoms with Crippen molar-refractivity contribution in [3.05, 3.63) is 54.1 Å². The van der Waals surface area contributed by atoms with Crippen LogP contribution in [0.3, 0.4) is 0 Å². The monoisotopic (exact) mass is 376 g/mol. The summed E-state index contributed by atoms with van der Waals surface area (Å²) in [6.07, 6.45) is 0. The molecule has 0 saturated heterocycles. The third-order valence-electron chi connectivity index (χ3n) is 3.09. The summed E-state index contributed by atoms with van der Waals surface area (Å²) in [5, 5.41) is 0. The molecule has 130 valence electrons. The molecule has 2 aromatic carbocycles. The molecule has 0 aliphatic heterocycles. The normalized spacial score (nSPS) is 12.4. The van der Waals surface area contributed by atoms with Gasteiger partial charge in [0.1, 0.15) is 0 Å². The van der Waals surface area contributed by atoms with E-state index in [1.807, 2.05) is 0 Å². The molecule has 0 saturated carbocycles. The Morgan fingerprint density at radius 2 is 1.38 bits per heavy atom. The summed E-state index contributed by atoms with van der Waals surface area (Å²) in [5.41, 5.74) is 0.0810. The minimum absolute atomic E-state index is 0.0109. The fraction of sp³-hybridized carbons (Fsp3) is 0.143. The van der Waals surface area contributed by atoms with Gasteiger partial charge >= 0.3 is 0 Å². The molecule has 0 heterocycles. The number of sulfonamides is 2. The highest BCUT2D eigenvalue weighted by Crippen LogP contribution is 2.20. The standard InChI is InChI=1S/C14H14F2N2O4S2/c1-18(2)24(21,22)11-5-3-10(4-6-11)17-23(19,20)12-7-8-13(15)14(16)9-12/h3-9,17H,1-2H3. The Morgan fingerprint density at radius 1 is 0.833 bits per heavy atom. The Hall–Kier alpha value is -2.04. The predicted molar refractivity (Wildman–Crippen MR) is 84.5 cm³/mol. The minimum Gasteiger partial charge on any atom is -0.280 e. The van der Waals surface area contributed by atoms with Crippen LogP contribution in [0.15, 0.2) is 52.3 Å². The highest BCUT2D eigenvalue weighted by Gasteiger charge is 2.19. The van der Waals surface area contributed by atoms with E-state index in [1.54, 1.807) is 0 Å². The number of hydrogen-bond donors (Lipinski definition) is 1. The summed E-state index contributed by atoms with van der Waals surface area (Å²) in [7, 11) is -5.03. The molecule has 0 unspecified atom stereocenters. The van der Waals surface area contributed by atoms with Crippen molar-refractivity contribution in [2.75, 3.05) is 18.8 Å². The van der Waals surface area contributed by atoms with Gasteiger partial charge in [-0.3, -0.25) is 4.72 Å². The molecule has 24 heavy (non-hydrogen) atoms. The second kappa shape index (κ2) is 6.46. The third-order valence-corrected chi connectivity index (χ3v) is 6.29. The quantitative estimate of drug-likeness (QED) is 0.865. The largest absolute Gasteiger partial charge is 0.280 e. The molecule has 0 amide bonds. The maximum Gasteiger partial charge on any atom is 0.261 e. The maximum atomic E-state index is 13.2. The van der Waals surface area contributed by atoms with Crippen molar-refractivity contribution in [2.24, 2.45) is 0 Å². The summed E-state index contributed by atoms with van der Waals surface area (Å²) in [6.45, 7) is 0. The lowest BCUT2D eigenvalue weighted by atomic mass is 10.3. The molecule has 0 aromatic heterocycles. The lowest BCUT2D eigenvalue weighted by Gasteiger charge is -2.12. The van der Waals surface area contributed by atoms with Crippen LogP contribution in [0.2, 0.25) is 0 Å². The number of benzene rings is 2. The molecule has 0 spiro atoms. The maximum absolute atomic E-state index is 13.2. The Bertz CT molecular complexity index is 957. The first kappa shape index (κ1) is 18.3. The van der Waals surface area contributed by atoms with Crippen molar-refractivity contribution in [1.29, 1.82) is 0 Å². The summed E-state index contributed by atoms with van der Waals surface area (Å²) in [4.78, 5) is -0.463. The zero-order chi connectivity index (χ0) is 18.1. The topological polar surface area (TPSA) is 83.6 Å². The fourth-order valence-electron chi connectivity index (χ4n) is 1.76. The van der Waals surface area contributed by atoms with Gasteiger partial charge in [-0.1, -0.05) is 0 Å². The van der Waals surface area contributed by atoms with Gasteiger partial charge in [0.25, 0.3) is 10.0 Å². The van der Waals surface area contributed by atoms with Gasteiger partial charge in [-0.2, -0.15) is 0 Å². The molecule has 6 nitrogen and oxygen atoms in total. The van der Waals surface area contributed by atoms with Gasteiger partial charge in [0.15, 0.2) is 11.6 Å². The first-order chi connectivity index (χ1) is 11.0. The van der Waals surface area contributed by atoms with Gasteiger partial charge in [0, 0.05) is 19.8 Å². The fourth-order valence-corrected chi connectivity index (χ4v) is 3.74. The van der Waals surface area contributed by atoms with E-state index in [0.29, 0.717) is 12.1 Å². The van der Waals surface area contributed by atoms with Crippen LogP contribution in [0.4, 0.5) is 14.5 Å². The van der Waals surface area contributed by atoms with Gasteiger partial charge in [0.05, 0.1) is 9.79 Å². The second-order valence-electron chi connectivity index (χ2n) is 4.99. The predicted octanol–water partition coefficient (Wildman–Crippen LogP) is 2.02. The molecule has 0 atom stereocenters. The van der Waals surface area contributed by atoms with Crippen LogP contribution < -0.4 is 4.72 Å². The average Bonchev–Trinajstić information content (AvgIpc) is 2.50. The van der Waals surface area contributed by atoms with E-state index < -0.39 is 36.6 Å². The first-order valence-electron chi connectivity index (χ1n) is 6.54. The second-order valence-corrected chi connectivity index (χ2v) is 8.83. The van der Waals surface area contributed by atoms with Gasteiger partial charge in [-0.05, 0) is 42.5 Å². The number of nitrogens with zero attached hydrogens (tertiary/aromatic N) is 1. The number of nitrogens with one attached hydrogen (secondary N) is 1. The van der Waals surface area contributed by atoms with Crippen molar-refractivity contribution >= 4 is 25.7 Å². The van der Waals surface area contributed by atoms with Gasteiger partial charge in [0.2, 0.25) is 10.0 Å². The molecule has 0 aliphatic rings. The lowest BCUT2D eigenvalue weighted by molar-refractivity contribution is 0.504. The van der Waals surface area contributed by atoms with Crippen LogP contribution in [0, 0.1) is 11.6 Å². The van der Waals surface area contributed by atoms with E-state index in [1.165, 1.54) is 38.4 Å². The Balaban J connectivity index is 2.29. The van der Waals surface area contributed by atoms with E-state index >= 15 is 0 Å². The highest BCUT2D eigenvalue weighted by atomic mass is 32.2. The zero-order valence-electron chi connectivity index (χ0n) is 12.7. The lowest BCUT2D eigenvalue weighted by Crippen LogP contribution is -2.22. The molecule has 0 radical (unpaired) electrons. The van der Waals surface area contributed by atoms with Crippen LogP contribution in [-0.4, -0.2) is 35.2 Å². The molecular weight excluding hydrogens is 362 g/mol. The van der Waals surface area contributed by atoms with Crippen LogP contribution in [0.5, 0.6) is 0 Å². The summed E-state index contributed by atoms with van der Waals surface area (Å²) in [6, 6.07) is 7.17. The molecule has 2 aromatic rings. The highest BCUT2D eigenvalue weighted by molar-refractivity contribution is 7.92. The summed E-state index contributed by atoms with van der Waals surface area (Å²) < 4.78 is 77.4. The summed E-state index contributed by atoms with van der Waals surface area (Å²) >= 11 is 0. The number of hydrogen-bond acceptors (Lipinski definition) is 4. The smallest absolute Gasteiger partial charge is 0.261 e. The van der Waals surface area contributed by atoms with Crippen LogP contribution in [-0.2, 0) is 20.0 Å². The summed E-state index contributed by atoms with van der Waals surface area (Å²) in [5.74, 6) is -2.45. The van der Waals surface area contributed by atoms with Crippen LogP contribution in [0.1, 0.15) is 0 Å². The van der Waals surface area contributed by atoms with E-state index in [-0.39, 0.29) is 10.6 Å². The van der Waals surface area contributed by atoms with Crippen molar-refractivity contribution in [3.8, 4) is 0 Å². The van der Waals surface area contributed by atoms with Crippen molar-refractivity contribution in [3.63, 3.8) is 0 Å². The zero-order valence-corrected chi connectivity index (χ0v) is 14.3. The molecule has 0 bridgehead atoms. The number of halogens is 2. The minimum atomic E-state index is -4.13. The van der Waals surface area contributed by atoms with Crippen molar-refractivity contribution in [2.45, 2.75) is 9.79 Å². The van der Waals surface area contributed by atoms with E-state index in [9.17, 15) is 25.6 Å². The van der Waals surface area contributed by atoms with Crippen molar-refractivity contribution in [1.82, 2.24) is 4.31 Å². The average molecular weight is 376 g/mol. The SMILES string of the molecule is CN(C)S(=O)(=O)c1ccc(NS(=O)(=O)c2ccc(F)c(F)c2)cc1. The Morgan fingerprint density at radius 3 is 1.88 bits per heavy atom. The van der Waals surface area contributed by atoms with E-state index in [2.05, 4.69) is 4.72 Å². The Labute approximate surface area is 138 Å². The third kappa shape index (κ3) is 3.71. The van der Waals surface area contributed by atoms with E-state index in [0.717, 1.165) is 10.4 Å². The van der Waals surface area contributed by atoms with Crippen molar-refractivity contribution < 1.29 is 25.6 Å². The molecule has 1 N–H and O–H groups in total. The van der Waals surface area contributed by atoms with Crippen LogP contribution in [0.25, 0.3) is 0 Å². The van der Waals surface area contributed by atoms with Gasteiger partial charge in [-0.15, -0.1) is 0 Å². The molecule has 2 rings (SSSR count). The molecule has 10 heteroatoms. The molecular formula is C14H14F2N2O4S2. The number of rotatable bonds is 5.